The number of rotatable bonds is 4. The van der Waals surface area contributed by atoms with E-state index in [0.29, 0.717) is 24.6 Å². The van der Waals surface area contributed by atoms with Crippen molar-refractivity contribution < 1.29 is 9.32 Å². The third kappa shape index (κ3) is 3.99. The molecule has 1 aromatic heterocycles. The van der Waals surface area contributed by atoms with E-state index in [9.17, 15) is 4.79 Å². The summed E-state index contributed by atoms with van der Waals surface area (Å²) < 4.78 is 5.02. The first-order valence-electron chi connectivity index (χ1n) is 6.09. The average molecular weight is 274 g/mol. The number of carbonyl (C=O) groups excluding carboxylic acids is 1. The third-order valence-corrected chi connectivity index (χ3v) is 3.30. The van der Waals surface area contributed by atoms with Gasteiger partial charge in [0, 0.05) is 18.5 Å². The summed E-state index contributed by atoms with van der Waals surface area (Å²) in [5, 5.41) is 6.60. The highest BCUT2D eigenvalue weighted by atomic mass is 35.5. The van der Waals surface area contributed by atoms with Gasteiger partial charge in [0.1, 0.15) is 0 Å². The standard InChI is InChI=1S/C12H19N3O2.ClH/c1-8-5-10(17-15-8)7-14-12(16)6-9-3-2-4-11(9)13;/h5,9,11H,2-4,6-7,13H2,1H3,(H,14,16);1H/t9-,11+;/m0./s1. The zero-order chi connectivity index (χ0) is 12.3. The minimum Gasteiger partial charge on any atom is -0.359 e. The molecular formula is C12H20ClN3O2. The Hall–Kier alpha value is -1.07. The topological polar surface area (TPSA) is 81.2 Å². The van der Waals surface area contributed by atoms with Crippen LogP contribution in [-0.2, 0) is 11.3 Å². The number of amides is 1. The van der Waals surface area contributed by atoms with Crippen molar-refractivity contribution in [1.82, 2.24) is 10.5 Å². The molecule has 1 saturated carbocycles. The quantitative estimate of drug-likeness (QED) is 0.872. The van der Waals surface area contributed by atoms with E-state index >= 15 is 0 Å². The summed E-state index contributed by atoms with van der Waals surface area (Å²) in [5.41, 5.74) is 6.76. The van der Waals surface area contributed by atoms with Crippen LogP contribution in [0.1, 0.15) is 37.1 Å². The summed E-state index contributed by atoms with van der Waals surface area (Å²) in [6.45, 7) is 2.26. The highest BCUT2D eigenvalue weighted by Gasteiger charge is 2.25. The Kier molecular flexibility index (Phi) is 5.62. The largest absolute Gasteiger partial charge is 0.359 e. The van der Waals surface area contributed by atoms with Crippen LogP contribution in [0.5, 0.6) is 0 Å². The Labute approximate surface area is 113 Å². The maximum absolute atomic E-state index is 11.7. The molecule has 0 saturated heterocycles. The molecule has 6 heteroatoms. The SMILES string of the molecule is Cc1cc(CNC(=O)C[C@@H]2CCC[C@H]2N)on1.Cl. The first-order valence-corrected chi connectivity index (χ1v) is 6.09. The Balaban J connectivity index is 0.00000162. The Morgan fingerprint density at radius 2 is 2.39 bits per heavy atom. The van der Waals surface area contributed by atoms with Crippen LogP contribution < -0.4 is 11.1 Å². The van der Waals surface area contributed by atoms with E-state index < -0.39 is 0 Å². The number of halogens is 1. The number of nitrogens with zero attached hydrogens (tertiary/aromatic N) is 1. The molecule has 0 spiro atoms. The monoisotopic (exact) mass is 273 g/mol. The van der Waals surface area contributed by atoms with Crippen LogP contribution >= 0.6 is 12.4 Å². The first-order chi connectivity index (χ1) is 8.15. The fourth-order valence-electron chi connectivity index (χ4n) is 2.31. The molecule has 1 aromatic rings. The number of carbonyl (C=O) groups is 1. The second kappa shape index (κ2) is 6.75. The molecule has 1 amide bonds. The number of nitrogens with one attached hydrogen (secondary N) is 1. The molecule has 1 aliphatic carbocycles. The molecule has 3 N–H and O–H groups in total. The smallest absolute Gasteiger partial charge is 0.220 e. The van der Waals surface area contributed by atoms with Crippen LogP contribution in [0.15, 0.2) is 10.6 Å². The van der Waals surface area contributed by atoms with Gasteiger partial charge in [-0.2, -0.15) is 0 Å². The second-order valence-electron chi connectivity index (χ2n) is 4.77. The van der Waals surface area contributed by atoms with E-state index in [-0.39, 0.29) is 24.4 Å². The summed E-state index contributed by atoms with van der Waals surface area (Å²) in [4.78, 5) is 11.7. The van der Waals surface area contributed by atoms with E-state index in [1.807, 2.05) is 13.0 Å². The maximum Gasteiger partial charge on any atom is 0.220 e. The van der Waals surface area contributed by atoms with Crippen molar-refractivity contribution >= 4 is 18.3 Å². The van der Waals surface area contributed by atoms with Crippen molar-refractivity contribution in [3.63, 3.8) is 0 Å². The van der Waals surface area contributed by atoms with Gasteiger partial charge in [-0.25, -0.2) is 0 Å². The lowest BCUT2D eigenvalue weighted by molar-refractivity contribution is -0.122. The highest BCUT2D eigenvalue weighted by molar-refractivity contribution is 5.85. The number of hydrogen-bond acceptors (Lipinski definition) is 4. The summed E-state index contributed by atoms with van der Waals surface area (Å²) in [7, 11) is 0. The minimum absolute atomic E-state index is 0. The molecular weight excluding hydrogens is 254 g/mol. The van der Waals surface area contributed by atoms with Crippen LogP contribution in [0.2, 0.25) is 0 Å². The summed E-state index contributed by atoms with van der Waals surface area (Å²) in [6.07, 6.45) is 3.77. The highest BCUT2D eigenvalue weighted by Crippen LogP contribution is 2.26. The molecule has 1 heterocycles. The summed E-state index contributed by atoms with van der Waals surface area (Å²) in [6, 6.07) is 2.01. The lowest BCUT2D eigenvalue weighted by Gasteiger charge is -2.14. The van der Waals surface area contributed by atoms with Crippen molar-refractivity contribution in [2.24, 2.45) is 11.7 Å². The molecule has 0 aliphatic heterocycles. The van der Waals surface area contributed by atoms with Gasteiger partial charge in [0.15, 0.2) is 5.76 Å². The summed E-state index contributed by atoms with van der Waals surface area (Å²) in [5.74, 6) is 1.07. The zero-order valence-corrected chi connectivity index (χ0v) is 11.3. The normalized spacial score (nSPS) is 22.6. The van der Waals surface area contributed by atoms with Gasteiger partial charge < -0.3 is 15.6 Å². The van der Waals surface area contributed by atoms with E-state index in [1.165, 1.54) is 0 Å². The van der Waals surface area contributed by atoms with Crippen LogP contribution in [-0.4, -0.2) is 17.1 Å². The fourth-order valence-corrected chi connectivity index (χ4v) is 2.31. The van der Waals surface area contributed by atoms with E-state index in [0.717, 1.165) is 25.0 Å². The lowest BCUT2D eigenvalue weighted by Crippen LogP contribution is -2.31. The van der Waals surface area contributed by atoms with Gasteiger partial charge in [0.2, 0.25) is 5.91 Å². The minimum atomic E-state index is 0. The predicted octanol–water partition coefficient (Wildman–Crippen LogP) is 1.54. The lowest BCUT2D eigenvalue weighted by atomic mass is 10.00. The number of nitrogens with two attached hydrogens (primary N) is 1. The molecule has 1 aliphatic rings. The Morgan fingerprint density at radius 1 is 1.61 bits per heavy atom. The van der Waals surface area contributed by atoms with E-state index in [4.69, 9.17) is 10.3 Å². The number of aromatic nitrogens is 1. The van der Waals surface area contributed by atoms with Crippen LogP contribution in [0, 0.1) is 12.8 Å². The molecule has 5 nitrogen and oxygen atoms in total. The van der Waals surface area contributed by atoms with Crippen molar-refractivity contribution in [2.45, 2.75) is 45.2 Å². The molecule has 1 fully saturated rings. The predicted molar refractivity (Wildman–Crippen MR) is 70.3 cm³/mol. The molecule has 0 unspecified atom stereocenters. The van der Waals surface area contributed by atoms with Gasteiger partial charge >= 0.3 is 0 Å². The third-order valence-electron chi connectivity index (χ3n) is 3.30. The van der Waals surface area contributed by atoms with Crippen LogP contribution in [0.3, 0.4) is 0 Å². The van der Waals surface area contributed by atoms with Crippen molar-refractivity contribution in [1.29, 1.82) is 0 Å². The van der Waals surface area contributed by atoms with Gasteiger partial charge in [-0.05, 0) is 25.7 Å². The van der Waals surface area contributed by atoms with Gasteiger partial charge in [0.05, 0.1) is 12.2 Å². The van der Waals surface area contributed by atoms with Gasteiger partial charge in [0.25, 0.3) is 0 Å². The van der Waals surface area contributed by atoms with E-state index in [1.54, 1.807) is 0 Å². The van der Waals surface area contributed by atoms with Crippen LogP contribution in [0.25, 0.3) is 0 Å². The Bertz CT molecular complexity index is 394. The van der Waals surface area contributed by atoms with Crippen molar-refractivity contribution in [2.75, 3.05) is 0 Å². The zero-order valence-electron chi connectivity index (χ0n) is 10.5. The Morgan fingerprint density at radius 3 is 2.94 bits per heavy atom. The van der Waals surface area contributed by atoms with E-state index in [2.05, 4.69) is 10.5 Å². The molecule has 2 rings (SSSR count). The first kappa shape index (κ1) is 15.0. The molecule has 0 radical (unpaired) electrons. The number of aryl methyl sites for hydroxylation is 1. The molecule has 18 heavy (non-hydrogen) atoms. The number of hydrogen-bond donors (Lipinski definition) is 2. The van der Waals surface area contributed by atoms with Gasteiger partial charge in [-0.1, -0.05) is 11.6 Å². The summed E-state index contributed by atoms with van der Waals surface area (Å²) >= 11 is 0. The van der Waals surface area contributed by atoms with Crippen molar-refractivity contribution in [3.8, 4) is 0 Å². The van der Waals surface area contributed by atoms with Gasteiger partial charge in [-0.15, -0.1) is 12.4 Å². The fraction of sp³-hybridized carbons (Fsp3) is 0.667. The molecule has 0 aromatic carbocycles. The maximum atomic E-state index is 11.7. The van der Waals surface area contributed by atoms with Gasteiger partial charge in [-0.3, -0.25) is 4.79 Å². The molecule has 102 valence electrons. The molecule has 0 bridgehead atoms. The molecule has 2 atom stereocenters. The average Bonchev–Trinajstić information content (AvgIpc) is 2.86. The van der Waals surface area contributed by atoms with Crippen molar-refractivity contribution in [3.05, 3.63) is 17.5 Å². The van der Waals surface area contributed by atoms with Crippen LogP contribution in [0.4, 0.5) is 0 Å². The second-order valence-corrected chi connectivity index (χ2v) is 4.77.